The molecule has 1 N–H and O–H groups in total. The molecule has 3 aromatic rings. The lowest BCUT2D eigenvalue weighted by atomic mass is 9.82. The molecule has 3 aromatic carbocycles. The summed E-state index contributed by atoms with van der Waals surface area (Å²) in [7, 11) is 0. The fraction of sp³-hybridized carbons (Fsp3) is 0.231. The molecular weight excluding hydrogens is 410 g/mol. The van der Waals surface area contributed by atoms with Gasteiger partial charge in [-0.25, -0.2) is 8.78 Å². The minimum absolute atomic E-state index is 0.0870. The van der Waals surface area contributed by atoms with Crippen LogP contribution >= 0.6 is 0 Å². The van der Waals surface area contributed by atoms with Crippen molar-refractivity contribution >= 4 is 11.8 Å². The van der Waals surface area contributed by atoms with E-state index in [1.807, 2.05) is 43.3 Å². The number of amides is 2. The van der Waals surface area contributed by atoms with Gasteiger partial charge in [0.1, 0.15) is 17.2 Å². The Labute approximate surface area is 185 Å². The highest BCUT2D eigenvalue weighted by Crippen LogP contribution is 2.33. The Bertz CT molecular complexity index is 1160. The van der Waals surface area contributed by atoms with E-state index in [2.05, 4.69) is 5.32 Å². The number of nitrogens with one attached hydrogen (secondary N) is 1. The predicted octanol–water partition coefficient (Wildman–Crippen LogP) is 4.55. The van der Waals surface area contributed by atoms with Gasteiger partial charge in [0.15, 0.2) is 0 Å². The zero-order valence-corrected chi connectivity index (χ0v) is 18.0. The molecule has 0 aliphatic carbocycles. The van der Waals surface area contributed by atoms with Crippen LogP contribution < -0.4 is 5.32 Å². The fourth-order valence-electron chi connectivity index (χ4n) is 4.13. The van der Waals surface area contributed by atoms with Gasteiger partial charge >= 0.3 is 0 Å². The van der Waals surface area contributed by atoms with Gasteiger partial charge in [-0.3, -0.25) is 9.59 Å². The molecule has 0 saturated heterocycles. The molecule has 0 spiro atoms. The van der Waals surface area contributed by atoms with Crippen molar-refractivity contribution in [3.63, 3.8) is 0 Å². The molecule has 0 bridgehead atoms. The maximum atomic E-state index is 13.8. The minimum atomic E-state index is -1.22. The van der Waals surface area contributed by atoms with Crippen LogP contribution in [0.5, 0.6) is 0 Å². The quantitative estimate of drug-likeness (QED) is 0.641. The number of fused-ring (bicyclic) bond motifs is 1. The summed E-state index contributed by atoms with van der Waals surface area (Å²) in [6.45, 7) is 3.91. The van der Waals surface area contributed by atoms with Gasteiger partial charge in [0, 0.05) is 31.1 Å². The molecule has 4 rings (SSSR count). The van der Waals surface area contributed by atoms with Crippen LogP contribution in [0.4, 0.5) is 8.78 Å². The van der Waals surface area contributed by atoms with Crippen LogP contribution in [0.3, 0.4) is 0 Å². The highest BCUT2D eigenvalue weighted by Gasteiger charge is 2.46. The summed E-state index contributed by atoms with van der Waals surface area (Å²) >= 11 is 0. The van der Waals surface area contributed by atoms with E-state index in [9.17, 15) is 18.4 Å². The summed E-state index contributed by atoms with van der Waals surface area (Å²) in [4.78, 5) is 28.2. The van der Waals surface area contributed by atoms with E-state index < -0.39 is 17.2 Å². The highest BCUT2D eigenvalue weighted by molar-refractivity contribution is 6.02. The third-order valence-electron chi connectivity index (χ3n) is 5.95. The van der Waals surface area contributed by atoms with E-state index in [-0.39, 0.29) is 23.9 Å². The first-order valence-corrected chi connectivity index (χ1v) is 10.4. The van der Waals surface area contributed by atoms with Gasteiger partial charge in [-0.2, -0.15) is 0 Å². The topological polar surface area (TPSA) is 49.4 Å². The van der Waals surface area contributed by atoms with Gasteiger partial charge in [-0.05, 0) is 48.7 Å². The number of nitrogens with zero attached hydrogens (tertiary/aromatic N) is 1. The van der Waals surface area contributed by atoms with Gasteiger partial charge in [0.25, 0.3) is 5.91 Å². The van der Waals surface area contributed by atoms with Crippen LogP contribution in [-0.2, 0) is 24.3 Å². The third kappa shape index (κ3) is 4.26. The zero-order chi connectivity index (χ0) is 22.9. The Morgan fingerprint density at radius 3 is 2.34 bits per heavy atom. The van der Waals surface area contributed by atoms with Crippen LogP contribution in [0.15, 0.2) is 66.7 Å². The van der Waals surface area contributed by atoms with Gasteiger partial charge in [0.2, 0.25) is 5.91 Å². The molecule has 1 aliphatic rings. The van der Waals surface area contributed by atoms with Crippen molar-refractivity contribution < 1.29 is 18.4 Å². The maximum Gasteiger partial charge on any atom is 0.255 e. The van der Waals surface area contributed by atoms with Crippen LogP contribution in [-0.4, -0.2) is 22.3 Å². The number of carbonyl (C=O) groups excluding carboxylic acids is 2. The Balaban J connectivity index is 1.66. The number of carbonyl (C=O) groups is 2. The lowest BCUT2D eigenvalue weighted by Crippen LogP contribution is -2.62. The molecule has 4 nitrogen and oxygen atoms in total. The molecule has 1 aliphatic heterocycles. The SMILES string of the molecule is Cc1ccc(CNC(=O)C2(C)Cc3ccccc3C(=O)N2Cc2cc(F)cc(F)c2)cc1. The molecule has 1 unspecified atom stereocenters. The number of rotatable bonds is 5. The van der Waals surface area contributed by atoms with Crippen molar-refractivity contribution in [2.24, 2.45) is 0 Å². The molecule has 1 atom stereocenters. The molecule has 0 fully saturated rings. The van der Waals surface area contributed by atoms with Crippen LogP contribution in [0.2, 0.25) is 0 Å². The molecule has 0 radical (unpaired) electrons. The first kappa shape index (κ1) is 21.7. The molecule has 0 saturated carbocycles. The van der Waals surface area contributed by atoms with Gasteiger partial charge in [0.05, 0.1) is 0 Å². The number of halogens is 2. The Morgan fingerprint density at radius 1 is 1.00 bits per heavy atom. The molecular formula is C26H24F2N2O2. The van der Waals surface area contributed by atoms with Crippen molar-refractivity contribution in [2.45, 2.75) is 38.9 Å². The number of benzene rings is 3. The largest absolute Gasteiger partial charge is 0.350 e. The zero-order valence-electron chi connectivity index (χ0n) is 18.0. The summed E-state index contributed by atoms with van der Waals surface area (Å²) in [5.41, 5.74) is 2.39. The fourth-order valence-corrected chi connectivity index (χ4v) is 4.13. The van der Waals surface area contributed by atoms with E-state index in [1.165, 1.54) is 17.0 Å². The minimum Gasteiger partial charge on any atom is -0.350 e. The average molecular weight is 434 g/mol. The van der Waals surface area contributed by atoms with Crippen molar-refractivity contribution in [1.29, 1.82) is 0 Å². The number of hydrogen-bond donors (Lipinski definition) is 1. The summed E-state index contributed by atoms with van der Waals surface area (Å²) in [6, 6.07) is 18.1. The van der Waals surface area contributed by atoms with E-state index >= 15 is 0 Å². The molecule has 2 amide bonds. The average Bonchev–Trinajstić information content (AvgIpc) is 2.75. The Morgan fingerprint density at radius 2 is 1.66 bits per heavy atom. The monoisotopic (exact) mass is 434 g/mol. The first-order valence-electron chi connectivity index (χ1n) is 10.4. The van der Waals surface area contributed by atoms with Gasteiger partial charge in [-0.15, -0.1) is 0 Å². The molecule has 6 heteroatoms. The standard InChI is InChI=1S/C26H24F2N2O2/c1-17-7-9-18(10-8-17)15-29-25(32)26(2)14-20-5-3-4-6-23(20)24(31)30(26)16-19-11-21(27)13-22(28)12-19/h3-13H,14-16H2,1-2H3,(H,29,32). The van der Waals surface area contributed by atoms with Gasteiger partial charge in [-0.1, -0.05) is 48.0 Å². The molecule has 0 aromatic heterocycles. The second-order valence-corrected chi connectivity index (χ2v) is 8.45. The smallest absolute Gasteiger partial charge is 0.255 e. The van der Waals surface area contributed by atoms with E-state index in [0.29, 0.717) is 18.5 Å². The molecule has 1 heterocycles. The van der Waals surface area contributed by atoms with E-state index in [4.69, 9.17) is 0 Å². The summed E-state index contributed by atoms with van der Waals surface area (Å²) in [5.74, 6) is -2.12. The van der Waals surface area contributed by atoms with Crippen molar-refractivity contribution in [1.82, 2.24) is 10.2 Å². The highest BCUT2D eigenvalue weighted by atomic mass is 19.1. The van der Waals surface area contributed by atoms with Crippen molar-refractivity contribution in [3.05, 3.63) is 106 Å². The summed E-state index contributed by atoms with van der Waals surface area (Å²) in [5, 5.41) is 2.94. The predicted molar refractivity (Wildman–Crippen MR) is 118 cm³/mol. The number of hydrogen-bond acceptors (Lipinski definition) is 2. The van der Waals surface area contributed by atoms with E-state index in [0.717, 1.165) is 22.8 Å². The summed E-state index contributed by atoms with van der Waals surface area (Å²) < 4.78 is 27.6. The first-order chi connectivity index (χ1) is 15.3. The second-order valence-electron chi connectivity index (χ2n) is 8.45. The second kappa shape index (κ2) is 8.54. The van der Waals surface area contributed by atoms with Crippen LogP contribution in [0, 0.1) is 18.6 Å². The van der Waals surface area contributed by atoms with Gasteiger partial charge < -0.3 is 10.2 Å². The Kier molecular flexibility index (Phi) is 5.78. The normalized spacial score (nSPS) is 17.8. The Hall–Kier alpha value is -3.54. The van der Waals surface area contributed by atoms with Crippen LogP contribution in [0.1, 0.15) is 39.5 Å². The maximum absolute atomic E-state index is 13.8. The van der Waals surface area contributed by atoms with Crippen LogP contribution in [0.25, 0.3) is 0 Å². The lowest BCUT2D eigenvalue weighted by Gasteiger charge is -2.44. The number of aryl methyl sites for hydroxylation is 1. The van der Waals surface area contributed by atoms with E-state index in [1.54, 1.807) is 19.1 Å². The van der Waals surface area contributed by atoms with Crippen molar-refractivity contribution in [3.8, 4) is 0 Å². The lowest BCUT2D eigenvalue weighted by molar-refractivity contribution is -0.132. The summed E-state index contributed by atoms with van der Waals surface area (Å²) in [6.07, 6.45) is 0.298. The third-order valence-corrected chi connectivity index (χ3v) is 5.95. The van der Waals surface area contributed by atoms with Crippen molar-refractivity contribution in [2.75, 3.05) is 0 Å². The molecule has 32 heavy (non-hydrogen) atoms. The molecule has 164 valence electrons.